The molecule has 0 bridgehead atoms. The first-order valence-electron chi connectivity index (χ1n) is 16.2. The molecule has 0 aliphatic carbocycles. The molecule has 0 aliphatic heterocycles. The van der Waals surface area contributed by atoms with Gasteiger partial charge in [0.25, 0.3) is 0 Å². The van der Waals surface area contributed by atoms with Gasteiger partial charge in [0.05, 0.1) is 6.54 Å². The summed E-state index contributed by atoms with van der Waals surface area (Å²) in [6, 6.07) is 61.3. The minimum Gasteiger partial charge on any atom is -0.383 e. The lowest BCUT2D eigenvalue weighted by atomic mass is 9.93. The predicted molar refractivity (Wildman–Crippen MR) is 204 cm³/mol. The summed E-state index contributed by atoms with van der Waals surface area (Å²) < 4.78 is 0. The fourth-order valence-corrected chi connectivity index (χ4v) is 6.50. The van der Waals surface area contributed by atoms with Crippen molar-refractivity contribution >= 4 is 44.0 Å². The largest absolute Gasteiger partial charge is 0.383 e. The highest BCUT2D eigenvalue weighted by Crippen LogP contribution is 2.35. The lowest BCUT2D eigenvalue weighted by Crippen LogP contribution is -2.16. The summed E-state index contributed by atoms with van der Waals surface area (Å²) in [5.41, 5.74) is 14.2. The molecule has 8 aromatic carbocycles. The smallest absolute Gasteiger partial charge is 0.157 e. The van der Waals surface area contributed by atoms with Crippen molar-refractivity contribution in [2.75, 3.05) is 0 Å². The normalized spacial score (nSPS) is 12.2. The first kappa shape index (κ1) is 29.1. The summed E-state index contributed by atoms with van der Waals surface area (Å²) in [7, 11) is 0. The lowest BCUT2D eigenvalue weighted by Gasteiger charge is -2.11. The number of nitrogens with zero attached hydrogens (tertiary/aromatic N) is 2. The van der Waals surface area contributed by atoms with Gasteiger partial charge in [-0.25, -0.2) is 4.99 Å². The van der Waals surface area contributed by atoms with Gasteiger partial charge in [0.15, 0.2) is 5.84 Å². The van der Waals surface area contributed by atoms with E-state index in [1.165, 1.54) is 37.9 Å². The third-order valence-electron chi connectivity index (χ3n) is 8.98. The zero-order valence-electron chi connectivity index (χ0n) is 26.4. The Morgan fingerprint density at radius 1 is 0.396 bits per heavy atom. The Bertz CT molecular complexity index is 2410. The molecule has 3 nitrogen and oxygen atoms in total. The van der Waals surface area contributed by atoms with Crippen molar-refractivity contribution in [1.29, 1.82) is 0 Å². The van der Waals surface area contributed by atoms with E-state index in [0.717, 1.165) is 33.4 Å². The van der Waals surface area contributed by atoms with Crippen molar-refractivity contribution in [3.63, 3.8) is 0 Å². The van der Waals surface area contributed by atoms with E-state index >= 15 is 0 Å². The van der Waals surface area contributed by atoms with Gasteiger partial charge in [-0.05, 0) is 66.2 Å². The summed E-state index contributed by atoms with van der Waals surface area (Å²) in [4.78, 5) is 10.0. The Morgan fingerprint density at radius 3 is 1.33 bits per heavy atom. The van der Waals surface area contributed by atoms with Crippen LogP contribution in [0.1, 0.15) is 16.7 Å². The van der Waals surface area contributed by atoms with Crippen LogP contribution in [-0.4, -0.2) is 11.7 Å². The SMILES string of the molecule is NC(=NC(=NCc1ccc2c3ccccc3c3ccccc3c2c1)c1ccc(-c2ccccc2)cc1)c1ccc(-c2ccccc2)cc1. The maximum atomic E-state index is 6.67. The molecule has 2 N–H and O–H groups in total. The topological polar surface area (TPSA) is 50.7 Å². The summed E-state index contributed by atoms with van der Waals surface area (Å²) in [6.07, 6.45) is 0. The maximum absolute atomic E-state index is 6.67. The molecule has 48 heavy (non-hydrogen) atoms. The minimum atomic E-state index is 0.427. The van der Waals surface area contributed by atoms with Crippen LogP contribution in [0.5, 0.6) is 0 Å². The molecule has 0 spiro atoms. The molecule has 3 heteroatoms. The van der Waals surface area contributed by atoms with Crippen LogP contribution in [0.2, 0.25) is 0 Å². The summed E-state index contributed by atoms with van der Waals surface area (Å²) in [6.45, 7) is 0.469. The lowest BCUT2D eigenvalue weighted by molar-refractivity contribution is 1.07. The molecular formula is C45H33N3. The van der Waals surface area contributed by atoms with Crippen molar-refractivity contribution in [3.05, 3.63) is 193 Å². The molecule has 0 fully saturated rings. The molecule has 0 aliphatic rings. The predicted octanol–water partition coefficient (Wildman–Crippen LogP) is 10.8. The van der Waals surface area contributed by atoms with Gasteiger partial charge in [0.2, 0.25) is 0 Å². The second-order valence-corrected chi connectivity index (χ2v) is 12.0. The summed E-state index contributed by atoms with van der Waals surface area (Å²) in [5, 5.41) is 7.51. The highest BCUT2D eigenvalue weighted by molar-refractivity contribution is 6.25. The van der Waals surface area contributed by atoms with Gasteiger partial charge in [-0.1, -0.05) is 170 Å². The van der Waals surface area contributed by atoms with Gasteiger partial charge in [0.1, 0.15) is 5.84 Å². The molecule has 0 heterocycles. The zero-order chi connectivity index (χ0) is 32.3. The number of benzene rings is 8. The third-order valence-corrected chi connectivity index (χ3v) is 8.98. The van der Waals surface area contributed by atoms with Gasteiger partial charge in [-0.3, -0.25) is 4.99 Å². The molecule has 0 aromatic heterocycles. The molecule has 0 radical (unpaired) electrons. The van der Waals surface area contributed by atoms with E-state index in [4.69, 9.17) is 15.7 Å². The van der Waals surface area contributed by atoms with E-state index in [-0.39, 0.29) is 0 Å². The van der Waals surface area contributed by atoms with Gasteiger partial charge in [0, 0.05) is 11.1 Å². The second kappa shape index (κ2) is 12.8. The highest BCUT2D eigenvalue weighted by atomic mass is 15.0. The summed E-state index contributed by atoms with van der Waals surface area (Å²) in [5.74, 6) is 1.03. The van der Waals surface area contributed by atoms with Crippen molar-refractivity contribution in [2.24, 2.45) is 15.7 Å². The molecular weight excluding hydrogens is 583 g/mol. The van der Waals surface area contributed by atoms with Crippen molar-refractivity contribution in [2.45, 2.75) is 6.54 Å². The third kappa shape index (κ3) is 5.74. The number of nitrogens with two attached hydrogens (primary N) is 1. The number of rotatable bonds is 6. The van der Waals surface area contributed by atoms with Crippen molar-refractivity contribution in [3.8, 4) is 22.3 Å². The van der Waals surface area contributed by atoms with E-state index in [1.807, 2.05) is 36.4 Å². The molecule has 0 amide bonds. The number of hydrogen-bond donors (Lipinski definition) is 1. The van der Waals surface area contributed by atoms with E-state index in [9.17, 15) is 0 Å². The van der Waals surface area contributed by atoms with Gasteiger partial charge in [-0.2, -0.15) is 0 Å². The van der Waals surface area contributed by atoms with Crippen LogP contribution in [0, 0.1) is 0 Å². The Labute approximate surface area is 280 Å². The minimum absolute atomic E-state index is 0.427. The van der Waals surface area contributed by atoms with Crippen LogP contribution in [-0.2, 0) is 6.54 Å². The Kier molecular flexibility index (Phi) is 7.77. The second-order valence-electron chi connectivity index (χ2n) is 12.0. The van der Waals surface area contributed by atoms with E-state index in [1.54, 1.807) is 0 Å². The molecule has 0 atom stereocenters. The zero-order valence-corrected chi connectivity index (χ0v) is 26.4. The summed E-state index contributed by atoms with van der Waals surface area (Å²) >= 11 is 0. The molecule has 8 rings (SSSR count). The Morgan fingerprint density at radius 2 is 0.812 bits per heavy atom. The molecule has 0 saturated carbocycles. The van der Waals surface area contributed by atoms with Crippen LogP contribution < -0.4 is 5.73 Å². The van der Waals surface area contributed by atoms with Gasteiger partial charge < -0.3 is 5.73 Å². The molecule has 0 unspecified atom stereocenters. The average molecular weight is 616 g/mol. The van der Waals surface area contributed by atoms with Crippen LogP contribution in [0.4, 0.5) is 0 Å². The molecule has 0 saturated heterocycles. The quantitative estimate of drug-likeness (QED) is 0.113. The van der Waals surface area contributed by atoms with Crippen molar-refractivity contribution in [1.82, 2.24) is 0 Å². The molecule has 228 valence electrons. The van der Waals surface area contributed by atoms with E-state index in [0.29, 0.717) is 18.2 Å². The van der Waals surface area contributed by atoms with Crippen LogP contribution >= 0.6 is 0 Å². The highest BCUT2D eigenvalue weighted by Gasteiger charge is 2.11. The number of aliphatic imine (C=N–C) groups is 2. The Hall–Kier alpha value is -6.32. The Balaban J connectivity index is 1.18. The van der Waals surface area contributed by atoms with Gasteiger partial charge >= 0.3 is 0 Å². The fourth-order valence-electron chi connectivity index (χ4n) is 6.50. The fraction of sp³-hybridized carbons (Fsp3) is 0.0222. The van der Waals surface area contributed by atoms with Crippen molar-refractivity contribution < 1.29 is 0 Å². The number of fused-ring (bicyclic) bond motifs is 6. The van der Waals surface area contributed by atoms with Gasteiger partial charge in [-0.15, -0.1) is 0 Å². The van der Waals surface area contributed by atoms with Crippen LogP contribution in [0.15, 0.2) is 186 Å². The van der Waals surface area contributed by atoms with E-state index < -0.39 is 0 Å². The standard InChI is InChI=1S/C45H33N3/c46-44(36-24-20-34(21-25-36)32-11-3-1-4-12-32)48-45(37-26-22-35(23-27-37)33-13-5-2-6-14-33)47-30-31-19-28-42-40-17-8-7-15-38(40)39-16-9-10-18-41(39)43(42)29-31/h1-29H,30H2,(H2,46,47,48). The first-order valence-corrected chi connectivity index (χ1v) is 16.2. The van der Waals surface area contributed by atoms with E-state index in [2.05, 4.69) is 140 Å². The maximum Gasteiger partial charge on any atom is 0.157 e. The first-order chi connectivity index (χ1) is 23.7. The monoisotopic (exact) mass is 615 g/mol. The molecule has 8 aromatic rings. The van der Waals surface area contributed by atoms with Crippen LogP contribution in [0.3, 0.4) is 0 Å². The number of hydrogen-bond acceptors (Lipinski definition) is 1. The average Bonchev–Trinajstić information content (AvgIpc) is 3.17. The number of amidine groups is 2. The van der Waals surface area contributed by atoms with Crippen LogP contribution in [0.25, 0.3) is 54.6 Å².